The zero-order chi connectivity index (χ0) is 23.5. The Bertz CT molecular complexity index is 957. The van der Waals surface area contributed by atoms with E-state index in [1.165, 1.54) is 0 Å². The molecular weight excluding hydrogens is 406 g/mol. The van der Waals surface area contributed by atoms with Crippen molar-refractivity contribution >= 4 is 11.8 Å². The molecular formula is C26H35NO5. The maximum Gasteiger partial charge on any atom is 0.336 e. The Hall–Kier alpha value is -2.76. The van der Waals surface area contributed by atoms with Gasteiger partial charge in [0.05, 0.1) is 32.3 Å². The Morgan fingerprint density at radius 2 is 1.91 bits per heavy atom. The van der Waals surface area contributed by atoms with E-state index < -0.39 is 11.9 Å². The van der Waals surface area contributed by atoms with Gasteiger partial charge in [-0.25, -0.2) is 4.79 Å². The predicted octanol–water partition coefficient (Wildman–Crippen LogP) is 5.04. The Kier molecular flexibility index (Phi) is 7.32. The highest BCUT2D eigenvalue weighted by Crippen LogP contribution is 2.49. The van der Waals surface area contributed by atoms with Crippen molar-refractivity contribution < 1.29 is 23.8 Å². The van der Waals surface area contributed by atoms with Crippen LogP contribution in [0.4, 0.5) is 0 Å². The number of dihydropyridines is 1. The van der Waals surface area contributed by atoms with Gasteiger partial charge in [-0.3, -0.25) is 4.79 Å². The zero-order valence-electron chi connectivity index (χ0n) is 20.1. The lowest BCUT2D eigenvalue weighted by atomic mass is 9.68. The number of ether oxygens (including phenoxy) is 3. The number of carbonyl (C=O) groups excluding carboxylic acids is 2. The summed E-state index contributed by atoms with van der Waals surface area (Å²) in [6.07, 6.45) is 4.02. The van der Waals surface area contributed by atoms with Gasteiger partial charge in [0.25, 0.3) is 0 Å². The predicted molar refractivity (Wildman–Crippen MR) is 124 cm³/mol. The molecule has 3 rings (SSSR count). The maximum absolute atomic E-state index is 13.4. The molecule has 2 aliphatic rings. The fourth-order valence-electron chi connectivity index (χ4n) is 4.68. The zero-order valence-corrected chi connectivity index (χ0v) is 20.1. The monoisotopic (exact) mass is 441 g/mol. The smallest absolute Gasteiger partial charge is 0.336 e. The minimum Gasteiger partial charge on any atom is -0.497 e. The quantitative estimate of drug-likeness (QED) is 0.450. The molecule has 6 heteroatoms. The molecule has 6 nitrogen and oxygen atoms in total. The van der Waals surface area contributed by atoms with E-state index in [1.807, 2.05) is 25.1 Å². The fraction of sp³-hybridized carbons (Fsp3) is 0.538. The van der Waals surface area contributed by atoms with Gasteiger partial charge in [0, 0.05) is 29.0 Å². The second-order valence-corrected chi connectivity index (χ2v) is 9.38. The SMILES string of the molecule is CCCCCOC(=O)C1=C(C)NC2=C(C(=O)CC(C)(C)C2)C1c1cc(OC)ccc1OC. The Morgan fingerprint density at radius 3 is 2.56 bits per heavy atom. The van der Waals surface area contributed by atoms with Gasteiger partial charge in [-0.1, -0.05) is 33.6 Å². The number of carbonyl (C=O) groups is 2. The van der Waals surface area contributed by atoms with Crippen molar-refractivity contribution in [3.05, 3.63) is 46.3 Å². The second-order valence-electron chi connectivity index (χ2n) is 9.38. The molecule has 0 radical (unpaired) electrons. The van der Waals surface area contributed by atoms with Gasteiger partial charge in [0.2, 0.25) is 0 Å². The third kappa shape index (κ3) is 4.84. The molecule has 1 unspecified atom stereocenters. The molecule has 0 saturated carbocycles. The van der Waals surface area contributed by atoms with Crippen molar-refractivity contribution in [3.8, 4) is 11.5 Å². The lowest BCUT2D eigenvalue weighted by Gasteiger charge is -2.39. The van der Waals surface area contributed by atoms with Crippen LogP contribution in [0.25, 0.3) is 0 Å². The summed E-state index contributed by atoms with van der Waals surface area (Å²) in [5, 5.41) is 3.37. The van der Waals surface area contributed by atoms with E-state index in [9.17, 15) is 9.59 Å². The van der Waals surface area contributed by atoms with Gasteiger partial charge in [-0.15, -0.1) is 0 Å². The van der Waals surface area contributed by atoms with Crippen molar-refractivity contribution in [1.82, 2.24) is 5.32 Å². The van der Waals surface area contributed by atoms with E-state index >= 15 is 0 Å². The second kappa shape index (κ2) is 9.80. The number of allylic oxidation sites excluding steroid dienone is 3. The first-order valence-corrected chi connectivity index (χ1v) is 11.4. The summed E-state index contributed by atoms with van der Waals surface area (Å²) in [5.41, 5.74) is 3.26. The number of unbranched alkanes of at least 4 members (excludes halogenated alkanes) is 2. The first-order chi connectivity index (χ1) is 15.2. The van der Waals surface area contributed by atoms with Gasteiger partial charge >= 0.3 is 5.97 Å². The van der Waals surface area contributed by atoms with Gasteiger partial charge in [-0.2, -0.15) is 0 Å². The summed E-state index contributed by atoms with van der Waals surface area (Å²) < 4.78 is 16.7. The molecule has 174 valence electrons. The molecule has 1 aromatic carbocycles. The molecule has 0 saturated heterocycles. The molecule has 0 spiro atoms. The van der Waals surface area contributed by atoms with Crippen LogP contribution in [-0.4, -0.2) is 32.6 Å². The van der Waals surface area contributed by atoms with Crippen LogP contribution < -0.4 is 14.8 Å². The van der Waals surface area contributed by atoms with Crippen molar-refractivity contribution in [3.63, 3.8) is 0 Å². The number of hydrogen-bond acceptors (Lipinski definition) is 6. The highest BCUT2D eigenvalue weighted by Gasteiger charge is 2.44. The number of benzene rings is 1. The minimum absolute atomic E-state index is 0.0439. The molecule has 0 bridgehead atoms. The van der Waals surface area contributed by atoms with Crippen LogP contribution in [0.15, 0.2) is 40.7 Å². The maximum atomic E-state index is 13.4. The van der Waals surface area contributed by atoms with E-state index in [2.05, 4.69) is 26.1 Å². The number of rotatable bonds is 8. The standard InChI is InChI=1S/C26H35NO5/c1-7-8-9-12-32-25(29)22-16(2)27-19-14-26(3,4)15-20(28)24(19)23(22)18-13-17(30-5)10-11-21(18)31-6/h10-11,13,23,27H,7-9,12,14-15H2,1-6H3. The topological polar surface area (TPSA) is 73.9 Å². The van der Waals surface area contributed by atoms with Crippen molar-refractivity contribution in [1.29, 1.82) is 0 Å². The summed E-state index contributed by atoms with van der Waals surface area (Å²) in [6.45, 7) is 8.52. The summed E-state index contributed by atoms with van der Waals surface area (Å²) in [7, 11) is 3.18. The van der Waals surface area contributed by atoms with E-state index in [0.717, 1.165) is 36.9 Å². The lowest BCUT2D eigenvalue weighted by molar-refractivity contribution is -0.139. The van der Waals surface area contributed by atoms with Crippen LogP contribution >= 0.6 is 0 Å². The lowest BCUT2D eigenvalue weighted by Crippen LogP contribution is -2.38. The molecule has 1 atom stereocenters. The van der Waals surface area contributed by atoms with Gasteiger partial charge < -0.3 is 19.5 Å². The minimum atomic E-state index is -0.571. The first kappa shape index (κ1) is 23.9. The van der Waals surface area contributed by atoms with E-state index in [4.69, 9.17) is 14.2 Å². The molecule has 1 aliphatic heterocycles. The van der Waals surface area contributed by atoms with Gasteiger partial charge in [-0.05, 0) is 43.4 Å². The molecule has 0 amide bonds. The Balaban J connectivity index is 2.13. The van der Waals surface area contributed by atoms with E-state index in [0.29, 0.717) is 41.4 Å². The highest BCUT2D eigenvalue weighted by atomic mass is 16.5. The summed E-state index contributed by atoms with van der Waals surface area (Å²) in [4.78, 5) is 26.7. The van der Waals surface area contributed by atoms with Crippen LogP contribution in [0.5, 0.6) is 11.5 Å². The first-order valence-electron chi connectivity index (χ1n) is 11.4. The van der Waals surface area contributed by atoms with Crippen molar-refractivity contribution in [2.75, 3.05) is 20.8 Å². The summed E-state index contributed by atoms with van der Waals surface area (Å²) in [6, 6.07) is 5.47. The molecule has 32 heavy (non-hydrogen) atoms. The Morgan fingerprint density at radius 1 is 1.16 bits per heavy atom. The van der Waals surface area contributed by atoms with E-state index in [1.54, 1.807) is 14.2 Å². The van der Waals surface area contributed by atoms with Crippen molar-refractivity contribution in [2.45, 2.75) is 65.7 Å². The average molecular weight is 442 g/mol. The molecule has 1 aromatic rings. The number of ketones is 1. The van der Waals surface area contributed by atoms with E-state index in [-0.39, 0.29) is 11.2 Å². The van der Waals surface area contributed by atoms with Crippen molar-refractivity contribution in [2.24, 2.45) is 5.41 Å². The number of esters is 1. The number of nitrogens with one attached hydrogen (secondary N) is 1. The van der Waals surface area contributed by atoms with Gasteiger partial charge in [0.15, 0.2) is 5.78 Å². The van der Waals surface area contributed by atoms with Crippen LogP contribution in [0.1, 0.15) is 71.3 Å². The third-order valence-electron chi connectivity index (χ3n) is 6.19. The average Bonchev–Trinajstić information content (AvgIpc) is 2.74. The van der Waals surface area contributed by atoms with Crippen LogP contribution in [-0.2, 0) is 14.3 Å². The fourth-order valence-corrected chi connectivity index (χ4v) is 4.68. The van der Waals surface area contributed by atoms with Crippen LogP contribution in [0, 0.1) is 5.41 Å². The Labute approximate surface area is 191 Å². The van der Waals surface area contributed by atoms with Crippen LogP contribution in [0.2, 0.25) is 0 Å². The molecule has 0 fully saturated rings. The third-order valence-corrected chi connectivity index (χ3v) is 6.19. The summed E-state index contributed by atoms with van der Waals surface area (Å²) in [5.74, 6) is 0.316. The number of hydrogen-bond donors (Lipinski definition) is 1. The molecule has 0 aromatic heterocycles. The molecule has 1 aliphatic carbocycles. The largest absolute Gasteiger partial charge is 0.497 e. The molecule has 1 N–H and O–H groups in total. The highest BCUT2D eigenvalue weighted by molar-refractivity contribution is 6.04. The molecule has 1 heterocycles. The number of Topliss-reactive ketones (excluding diaryl/α,β-unsaturated/α-hetero) is 1. The normalized spacial score (nSPS) is 19.9. The van der Waals surface area contributed by atoms with Crippen LogP contribution in [0.3, 0.4) is 0 Å². The summed E-state index contributed by atoms with van der Waals surface area (Å²) >= 11 is 0. The number of methoxy groups -OCH3 is 2. The van der Waals surface area contributed by atoms with Gasteiger partial charge in [0.1, 0.15) is 11.5 Å².